The number of nitrogens with two attached hydrogens (primary N) is 9. The number of aliphatic imine (C=N–C) groups is 3. The number of nitrogens with zero attached hydrogens (tertiary/aromatic N) is 8. The first-order valence-corrected chi connectivity index (χ1v) is 23.2. The van der Waals surface area contributed by atoms with Crippen LogP contribution in [0.15, 0.2) is 254 Å². The molecule has 0 saturated carbocycles. The molecule has 0 unspecified atom stereocenters. The van der Waals surface area contributed by atoms with E-state index in [4.69, 9.17) is 68.2 Å². The Morgan fingerprint density at radius 2 is 0.415 bits per heavy atom. The Hall–Kier alpha value is -10.8. The Labute approximate surface area is 693 Å². The molecule has 0 aliphatic carbocycles. The zero-order valence-electron chi connectivity index (χ0n) is 52.0. The number of amides is 2. The summed E-state index contributed by atoms with van der Waals surface area (Å²) in [4.78, 5) is 26.5. The summed E-state index contributed by atoms with van der Waals surface area (Å²) in [5, 5.41) is 75.4. The molecule has 0 fully saturated rings. The van der Waals surface area contributed by atoms with Gasteiger partial charge in [-0.15, -0.1) is 23.5 Å². The molecule has 2 amide bonds. The largest absolute Gasteiger partial charge is 0.516 e. The topological polar surface area (TPSA) is 615 Å². The van der Waals surface area contributed by atoms with Gasteiger partial charge in [-0.1, -0.05) is 292 Å². The van der Waals surface area contributed by atoms with Crippen molar-refractivity contribution in [3.05, 3.63) is 215 Å². The van der Waals surface area contributed by atoms with Crippen LogP contribution in [-0.2, 0) is 9.59 Å². The highest BCUT2D eigenvalue weighted by atomic mass is 32.1. The van der Waals surface area contributed by atoms with Gasteiger partial charge >= 0.3 is 0 Å². The molecule has 0 aromatic heterocycles. The smallest absolute Gasteiger partial charge is 0.204 e. The van der Waals surface area contributed by atoms with Crippen LogP contribution < -0.4 is 51.6 Å². The molecule has 0 radical (unpaired) electrons. The van der Waals surface area contributed by atoms with Crippen LogP contribution in [-0.4, -0.2) is 129 Å². The number of carbonyl (C=O) groups is 2. The average Bonchev–Trinajstić information content (AvgIpc) is 3.49. The van der Waals surface area contributed by atoms with Crippen molar-refractivity contribution in [1.29, 1.82) is 38.0 Å². The number of aliphatic hydroxyl groups is 2. The van der Waals surface area contributed by atoms with E-state index >= 15 is 0 Å². The van der Waals surface area contributed by atoms with Crippen LogP contribution in [0.5, 0.6) is 0 Å². The molecule has 30 nitrogen and oxygen atoms in total. The fourth-order valence-corrected chi connectivity index (χ4v) is 0. The van der Waals surface area contributed by atoms with E-state index in [9.17, 15) is 0 Å². The maximum atomic E-state index is 8.58. The zero-order valence-corrected chi connectivity index (χ0v) is 57.3. The maximum absolute atomic E-state index is 8.58. The van der Waals surface area contributed by atoms with Gasteiger partial charge in [-0.05, 0) is 109 Å². The van der Waals surface area contributed by atoms with Crippen molar-refractivity contribution in [3.8, 4) is 0 Å². The number of carbonyl (C=O) groups excluding carboxylic acids is 2. The summed E-state index contributed by atoms with van der Waals surface area (Å²) >= 11 is 21.8. The number of rotatable bonds is 8. The second kappa shape index (κ2) is 1400. The third-order valence-corrected chi connectivity index (χ3v) is 0.937. The van der Waals surface area contributed by atoms with Gasteiger partial charge < -0.3 is 88.5 Å². The summed E-state index contributed by atoms with van der Waals surface area (Å²) in [7, 11) is 0. The molecule has 0 aliphatic rings. The van der Waals surface area contributed by atoms with E-state index in [1.54, 1.807) is 36.5 Å². The number of nitrogens with one attached hydrogen (secondary N) is 7. The zero-order chi connectivity index (χ0) is 78.7. The Morgan fingerprint density at radius 1 is 0.358 bits per heavy atom. The number of thiol groups is 4. The lowest BCUT2D eigenvalue weighted by molar-refractivity contribution is -0.107. The highest BCUT2D eigenvalue weighted by Crippen LogP contribution is 1.59. The van der Waals surface area contributed by atoms with Gasteiger partial charge in [0.1, 0.15) is 12.7 Å². The number of allylic oxidation sites excluding steroid dienone is 7. The Morgan fingerprint density at radius 3 is 0.415 bits per heavy atom. The van der Waals surface area contributed by atoms with E-state index in [-0.39, 0.29) is 139 Å². The minimum atomic E-state index is 0. The molecule has 0 aromatic carbocycles. The third kappa shape index (κ3) is 102000. The predicted molar refractivity (Wildman–Crippen MR) is 546 cm³/mol. The maximum Gasteiger partial charge on any atom is 0.204 e. The Kier molecular flexibility index (Phi) is 4250. The van der Waals surface area contributed by atoms with E-state index in [0.717, 1.165) is 61.2 Å². The number of thiocarbonyl (C=S) groups is 2. The number of hydrogen-bond donors (Lipinski definition) is 24. The molecule has 0 heterocycles. The van der Waals surface area contributed by atoms with E-state index in [1.807, 2.05) is 13.8 Å². The lowest BCUT2D eigenvalue weighted by Crippen LogP contribution is -1.82. The lowest BCUT2D eigenvalue weighted by atomic mass is 10.6. The van der Waals surface area contributed by atoms with Crippen LogP contribution in [0.1, 0.15) is 140 Å². The van der Waals surface area contributed by atoms with Crippen LogP contribution in [0.25, 0.3) is 0 Å². The van der Waals surface area contributed by atoms with Crippen molar-refractivity contribution in [2.75, 3.05) is 0 Å². The van der Waals surface area contributed by atoms with Crippen LogP contribution in [0, 0.1) is 38.0 Å². The molecule has 654 valence electrons. The second-order valence-corrected chi connectivity index (χ2v) is 8.59. The van der Waals surface area contributed by atoms with Gasteiger partial charge in [-0.3, -0.25) is 40.8 Å². The summed E-state index contributed by atoms with van der Waals surface area (Å²) in [6.45, 7) is 78.8. The predicted octanol–water partition coefficient (Wildman–Crippen LogP) is 22.2. The normalized spacial score (nSPS) is 3.72. The van der Waals surface area contributed by atoms with E-state index in [2.05, 4.69) is 325 Å². The van der Waals surface area contributed by atoms with Crippen molar-refractivity contribution in [2.24, 2.45) is 90.8 Å². The van der Waals surface area contributed by atoms with Crippen LogP contribution in [0.2, 0.25) is 0 Å². The summed E-state index contributed by atoms with van der Waals surface area (Å²) in [5.74, 6) is 0. The van der Waals surface area contributed by atoms with E-state index in [0.29, 0.717) is 0 Å². The fraction of sp³-hybridized carbons (Fsp3) is 0.271. The molecule has 29 N–H and O–H groups in total. The number of primary amides is 2. The number of oxime groups is 2. The average molecular weight is 1650 g/mol. The molecule has 106 heavy (non-hydrogen) atoms. The summed E-state index contributed by atoms with van der Waals surface area (Å²) in [5.41, 5.74) is 48.4. The van der Waals surface area contributed by atoms with E-state index < -0.39 is 0 Å². The number of aliphatic hydroxyl groups excluding tert-OH is 2. The Bertz CT molecular complexity index is 1050. The first-order valence-electron chi connectivity index (χ1n) is 20.4. The van der Waals surface area contributed by atoms with Crippen molar-refractivity contribution < 1.29 is 30.2 Å². The van der Waals surface area contributed by atoms with Gasteiger partial charge in [-0.2, -0.15) is 30.4 Å². The van der Waals surface area contributed by atoms with E-state index in [1.165, 1.54) is 54.1 Å². The third-order valence-electron chi connectivity index (χ3n) is 0.937. The van der Waals surface area contributed by atoms with Gasteiger partial charge in [0, 0.05) is 44.5 Å². The molecule has 0 atom stereocenters. The molecular weight excluding hydrogens is 1470 g/mol. The molecule has 0 spiro atoms. The summed E-state index contributed by atoms with van der Waals surface area (Å²) < 4.78 is 5.89. The SMILES string of the molecule is C.C.C.C.C.C.C.C.C.C.C.C.C.C.C.C.C.C=CC.C=CC.C=CC=C.C=CC=C.C=CC=N.C=CN.C=CN.C=CN.C=CN.C=CN=C.C=CN=N.C=CO.C=CO.C=CS.C=CS.C=NC=N.C=NC=N.C=NO.C=NO.C=NS.C=NS.N=CC=N.N=CN.NC=O.NC=O.NC=S.NC=S. The molecule has 36 heteroatoms. The Balaban J connectivity index is -0.00000000892. The van der Waals surface area contributed by atoms with Crippen LogP contribution in [0.4, 0.5) is 0 Å². The molecule has 0 bridgehead atoms. The summed E-state index contributed by atoms with van der Waals surface area (Å²) in [6, 6.07) is 0. The molecule has 0 aromatic rings. The van der Waals surface area contributed by atoms with Crippen molar-refractivity contribution >= 4 is 184 Å². The molecule has 0 saturated heterocycles. The van der Waals surface area contributed by atoms with Gasteiger partial charge in [0.2, 0.25) is 12.8 Å². The lowest BCUT2D eigenvalue weighted by Gasteiger charge is -1.48. The summed E-state index contributed by atoms with van der Waals surface area (Å²) in [6.07, 6.45) is 26.5. The van der Waals surface area contributed by atoms with Gasteiger partial charge in [0.05, 0.1) is 29.8 Å². The first kappa shape index (κ1) is 322. The highest BCUT2D eigenvalue weighted by molar-refractivity contribution is 7.83. The van der Waals surface area contributed by atoms with Gasteiger partial charge in [0.25, 0.3) is 0 Å². The van der Waals surface area contributed by atoms with Crippen LogP contribution in [0.3, 0.4) is 0 Å². The van der Waals surface area contributed by atoms with Gasteiger partial charge in [0.15, 0.2) is 0 Å². The number of hydrogen-bond acceptors (Lipinski definition) is 29. The van der Waals surface area contributed by atoms with Crippen LogP contribution >= 0.6 is 75.3 Å². The minimum absolute atomic E-state index is 0. The first-order chi connectivity index (χ1) is 42.2. The molecule has 0 rings (SSSR count). The van der Waals surface area contributed by atoms with Crippen molar-refractivity contribution in [2.45, 2.75) is 140 Å². The second-order valence-electron chi connectivity index (χ2n) is 6.74. The molecular formula is C70H182N24O6S6. The standard InChI is InChI=1S/2C4H6.2C3H5N.2C3H6.4C2H4N2.4C2H5N.2C2H4O.2C2H4S.CH4N2.4CH3NO.4CH3NS.17CH4/c3*1-3-4-2;1-2-3-4;2*1-3-2;2*1-4-2-3;1-2-4-3;3-1-2-4;8*1-2-3;2-1-3;2*1-2-3;2*2-1-3;2*1-2-3;2*2-1-3;;;;;;;;;;;;;;;;;/h2*3-4H,1-2H2;3H,1-2H2;2-4H,1H2;2*3H,1H2,2H3;3*2-3H,1H2;1-4H;4*2H,1,3H2;4*2-3H,1H2;1H,(H3,2,3);2*3H,1H2;2*1H,(H2,2,3);2*3H,1H2;2*1H,(H2,2,3);17*1H4. The minimum Gasteiger partial charge on any atom is -0.516 e. The van der Waals surface area contributed by atoms with Crippen molar-refractivity contribution in [1.82, 2.24) is 0 Å². The highest BCUT2D eigenvalue weighted by Gasteiger charge is 1.35. The molecule has 0 aliphatic heterocycles. The van der Waals surface area contributed by atoms with Gasteiger partial charge in [-0.25, -0.2) is 14.3 Å². The quantitative estimate of drug-likeness (QED) is 0.00918. The fourth-order valence-electron chi connectivity index (χ4n) is 0. The monoisotopic (exact) mass is 1650 g/mol. The van der Waals surface area contributed by atoms with Crippen molar-refractivity contribution in [3.63, 3.8) is 0 Å².